The van der Waals surface area contributed by atoms with Crippen LogP contribution < -0.4 is 15.2 Å². The Kier molecular flexibility index (Phi) is 5.87. The molecule has 0 amide bonds. The Morgan fingerprint density at radius 1 is 0.931 bits per heavy atom. The number of rotatable bonds is 7. The lowest BCUT2D eigenvalue weighted by atomic mass is 10.2. The molecular formula is C22H21N3O2S2. The molecule has 0 aliphatic rings. The molecule has 2 aromatic heterocycles. The minimum absolute atomic E-state index is 0.549. The van der Waals surface area contributed by atoms with Crippen molar-refractivity contribution in [2.45, 2.75) is 19.0 Å². The van der Waals surface area contributed by atoms with E-state index >= 15 is 0 Å². The van der Waals surface area contributed by atoms with E-state index < -0.39 is 0 Å². The van der Waals surface area contributed by atoms with Gasteiger partial charge in [0.2, 0.25) is 0 Å². The van der Waals surface area contributed by atoms with E-state index in [9.17, 15) is 0 Å². The molecule has 0 aliphatic carbocycles. The third kappa shape index (κ3) is 4.63. The van der Waals surface area contributed by atoms with Crippen LogP contribution in [0.5, 0.6) is 17.2 Å². The SMILES string of the molecule is Cc1sc2nc(SCCOc3ccc(Oc4ccccc4)cc3)nc(N)c2c1C. The number of hydrogen-bond donors (Lipinski definition) is 1. The summed E-state index contributed by atoms with van der Waals surface area (Å²) in [5.41, 5.74) is 7.30. The van der Waals surface area contributed by atoms with Crippen LogP contribution in [0.2, 0.25) is 0 Å². The standard InChI is InChI=1S/C22H21N3O2S2/c1-14-15(2)29-21-19(14)20(23)24-22(25-21)28-13-12-26-16-8-10-18(11-9-16)27-17-6-4-3-5-7-17/h3-11H,12-13H2,1-2H3,(H2,23,24,25). The van der Waals surface area contributed by atoms with Crippen LogP contribution in [0.4, 0.5) is 5.82 Å². The van der Waals surface area contributed by atoms with Gasteiger partial charge in [0.15, 0.2) is 5.16 Å². The topological polar surface area (TPSA) is 70.3 Å². The van der Waals surface area contributed by atoms with Crippen molar-refractivity contribution in [3.05, 3.63) is 65.0 Å². The first kappa shape index (κ1) is 19.5. The molecule has 4 aromatic rings. The van der Waals surface area contributed by atoms with Crippen LogP contribution in [0.15, 0.2) is 59.8 Å². The fourth-order valence-corrected chi connectivity index (χ4v) is 4.61. The van der Waals surface area contributed by atoms with Crippen molar-refractivity contribution in [3.63, 3.8) is 0 Å². The molecule has 0 bridgehead atoms. The fourth-order valence-electron chi connectivity index (χ4n) is 2.85. The van der Waals surface area contributed by atoms with E-state index in [0.29, 0.717) is 17.6 Å². The van der Waals surface area contributed by atoms with Crippen molar-refractivity contribution >= 4 is 39.1 Å². The number of nitrogens with two attached hydrogens (primary N) is 1. The van der Waals surface area contributed by atoms with Crippen molar-refractivity contribution in [3.8, 4) is 17.2 Å². The molecule has 0 fully saturated rings. The summed E-state index contributed by atoms with van der Waals surface area (Å²) in [6.07, 6.45) is 0. The molecule has 2 N–H and O–H groups in total. The highest BCUT2D eigenvalue weighted by Gasteiger charge is 2.12. The second kappa shape index (κ2) is 8.71. The number of fused-ring (bicyclic) bond motifs is 1. The highest BCUT2D eigenvalue weighted by atomic mass is 32.2. The van der Waals surface area contributed by atoms with Gasteiger partial charge in [-0.1, -0.05) is 30.0 Å². The zero-order valence-corrected chi connectivity index (χ0v) is 17.8. The minimum atomic E-state index is 0.549. The van der Waals surface area contributed by atoms with Crippen LogP contribution in [0.1, 0.15) is 10.4 Å². The molecule has 5 nitrogen and oxygen atoms in total. The first-order valence-electron chi connectivity index (χ1n) is 9.22. The number of benzene rings is 2. The van der Waals surface area contributed by atoms with Gasteiger partial charge in [0.05, 0.1) is 12.0 Å². The molecular weight excluding hydrogens is 402 g/mol. The predicted molar refractivity (Wildman–Crippen MR) is 120 cm³/mol. The maximum Gasteiger partial charge on any atom is 0.191 e. The van der Waals surface area contributed by atoms with Gasteiger partial charge < -0.3 is 15.2 Å². The van der Waals surface area contributed by atoms with Crippen molar-refractivity contribution in [1.29, 1.82) is 0 Å². The maximum absolute atomic E-state index is 6.13. The number of hydrogen-bond acceptors (Lipinski definition) is 7. The summed E-state index contributed by atoms with van der Waals surface area (Å²) in [6.45, 7) is 4.69. The van der Waals surface area contributed by atoms with Crippen molar-refractivity contribution in [1.82, 2.24) is 9.97 Å². The average molecular weight is 424 g/mol. The van der Waals surface area contributed by atoms with Gasteiger partial charge in [-0.2, -0.15) is 0 Å². The third-order valence-corrected chi connectivity index (χ3v) is 6.33. The third-order valence-electron chi connectivity index (χ3n) is 4.42. The number of anilines is 1. The number of thiophene rings is 1. The van der Waals surface area contributed by atoms with Gasteiger partial charge >= 0.3 is 0 Å². The summed E-state index contributed by atoms with van der Waals surface area (Å²) < 4.78 is 11.6. The number of aryl methyl sites for hydroxylation is 2. The molecule has 0 unspecified atom stereocenters. The Bertz CT molecular complexity index is 1110. The second-order valence-corrected chi connectivity index (χ2v) is 8.70. The van der Waals surface area contributed by atoms with E-state index in [0.717, 1.165) is 33.2 Å². The highest BCUT2D eigenvalue weighted by Crippen LogP contribution is 2.33. The molecule has 0 atom stereocenters. The first-order chi connectivity index (χ1) is 14.1. The molecule has 2 heterocycles. The van der Waals surface area contributed by atoms with Gasteiger partial charge in [0.25, 0.3) is 0 Å². The monoisotopic (exact) mass is 423 g/mol. The Morgan fingerprint density at radius 3 is 2.38 bits per heavy atom. The molecule has 0 saturated heterocycles. The molecule has 0 saturated carbocycles. The fraction of sp³-hybridized carbons (Fsp3) is 0.182. The zero-order chi connectivity index (χ0) is 20.2. The van der Waals surface area contributed by atoms with Crippen molar-refractivity contribution in [2.24, 2.45) is 0 Å². The number of thioether (sulfide) groups is 1. The second-order valence-electron chi connectivity index (χ2n) is 6.44. The lowest BCUT2D eigenvalue weighted by Crippen LogP contribution is -2.02. The molecule has 7 heteroatoms. The summed E-state index contributed by atoms with van der Waals surface area (Å²) >= 11 is 3.20. The molecule has 4 rings (SSSR count). The first-order valence-corrected chi connectivity index (χ1v) is 11.0. The quantitative estimate of drug-likeness (QED) is 0.228. The molecule has 0 radical (unpaired) electrons. The lowest BCUT2D eigenvalue weighted by Gasteiger charge is -2.08. The van der Waals surface area contributed by atoms with Crippen LogP contribution in [-0.2, 0) is 0 Å². The van der Waals surface area contributed by atoms with Gasteiger partial charge in [-0.3, -0.25) is 0 Å². The summed E-state index contributed by atoms with van der Waals surface area (Å²) in [5, 5.41) is 1.66. The van der Waals surface area contributed by atoms with Gasteiger partial charge in [-0.05, 0) is 55.8 Å². The Balaban J connectivity index is 1.30. The summed E-state index contributed by atoms with van der Waals surface area (Å²) in [4.78, 5) is 11.2. The predicted octanol–water partition coefficient (Wildman–Crippen LogP) is 5.85. The van der Waals surface area contributed by atoms with E-state index in [2.05, 4.69) is 23.8 Å². The maximum atomic E-state index is 6.13. The van der Waals surface area contributed by atoms with Gasteiger partial charge in [-0.25, -0.2) is 9.97 Å². The van der Waals surface area contributed by atoms with E-state index in [-0.39, 0.29) is 0 Å². The Morgan fingerprint density at radius 2 is 1.62 bits per heavy atom. The lowest BCUT2D eigenvalue weighted by molar-refractivity contribution is 0.343. The number of para-hydroxylation sites is 1. The molecule has 29 heavy (non-hydrogen) atoms. The van der Waals surface area contributed by atoms with E-state index in [1.165, 1.54) is 10.4 Å². The smallest absolute Gasteiger partial charge is 0.191 e. The Labute approximate surface area is 177 Å². The molecule has 148 valence electrons. The van der Waals surface area contributed by atoms with Crippen molar-refractivity contribution < 1.29 is 9.47 Å². The van der Waals surface area contributed by atoms with E-state index in [1.807, 2.05) is 54.6 Å². The number of aromatic nitrogens is 2. The van der Waals surface area contributed by atoms with Crippen molar-refractivity contribution in [2.75, 3.05) is 18.1 Å². The largest absolute Gasteiger partial charge is 0.493 e. The van der Waals surface area contributed by atoms with E-state index in [1.54, 1.807) is 23.1 Å². The normalized spacial score (nSPS) is 11.0. The van der Waals surface area contributed by atoms with Gasteiger partial charge in [0, 0.05) is 10.6 Å². The molecule has 0 spiro atoms. The Hall–Kier alpha value is -2.77. The van der Waals surface area contributed by atoms with Gasteiger partial charge in [-0.15, -0.1) is 11.3 Å². The minimum Gasteiger partial charge on any atom is -0.493 e. The van der Waals surface area contributed by atoms with Crippen LogP contribution in [-0.4, -0.2) is 22.3 Å². The number of nitrogen functional groups attached to an aromatic ring is 1. The number of nitrogens with zero attached hydrogens (tertiary/aromatic N) is 2. The van der Waals surface area contributed by atoms with E-state index in [4.69, 9.17) is 15.2 Å². The van der Waals surface area contributed by atoms with Crippen LogP contribution in [0, 0.1) is 13.8 Å². The zero-order valence-electron chi connectivity index (χ0n) is 16.2. The highest BCUT2D eigenvalue weighted by molar-refractivity contribution is 7.99. The summed E-state index contributed by atoms with van der Waals surface area (Å²) in [7, 11) is 0. The summed E-state index contributed by atoms with van der Waals surface area (Å²) in [5.74, 6) is 3.67. The van der Waals surface area contributed by atoms with Gasteiger partial charge in [0.1, 0.15) is 27.9 Å². The average Bonchev–Trinajstić information content (AvgIpc) is 3.01. The molecule has 2 aromatic carbocycles. The summed E-state index contributed by atoms with van der Waals surface area (Å²) in [6, 6.07) is 17.3. The number of ether oxygens (including phenoxy) is 2. The van der Waals surface area contributed by atoms with Crippen LogP contribution in [0.3, 0.4) is 0 Å². The van der Waals surface area contributed by atoms with Crippen LogP contribution in [0.25, 0.3) is 10.2 Å². The molecule has 0 aliphatic heterocycles. The van der Waals surface area contributed by atoms with Crippen LogP contribution >= 0.6 is 23.1 Å².